The highest BCUT2D eigenvalue weighted by atomic mass is 19.1. The third-order valence-electron chi connectivity index (χ3n) is 7.49. The van der Waals surface area contributed by atoms with Gasteiger partial charge in [-0.3, -0.25) is 4.90 Å². The molecule has 0 amide bonds. The predicted molar refractivity (Wildman–Crippen MR) is 152 cm³/mol. The molecule has 42 heavy (non-hydrogen) atoms. The fourth-order valence-corrected chi connectivity index (χ4v) is 5.16. The number of nitriles is 1. The van der Waals surface area contributed by atoms with Gasteiger partial charge in [0.15, 0.2) is 0 Å². The number of aliphatic hydroxyl groups excluding tert-OH is 1. The quantitative estimate of drug-likeness (QED) is 0.280. The molecular formula is C31H32FN5O5. The fraction of sp³-hybridized carbons (Fsp3) is 0.355. The molecule has 1 N–H and O–H groups in total. The van der Waals surface area contributed by atoms with E-state index < -0.39 is 11.8 Å². The molecule has 1 fully saturated rings. The molecule has 218 valence electrons. The number of imidazole rings is 1. The highest BCUT2D eigenvalue weighted by Gasteiger charge is 2.24. The van der Waals surface area contributed by atoms with Crippen molar-refractivity contribution in [1.29, 1.82) is 5.26 Å². The molecule has 2 aromatic carbocycles. The number of hydrogen-bond acceptors (Lipinski definition) is 9. The summed E-state index contributed by atoms with van der Waals surface area (Å²) in [5, 5.41) is 18.2. The number of methoxy groups -OCH3 is 1. The van der Waals surface area contributed by atoms with Crippen molar-refractivity contribution in [3.05, 3.63) is 82.6 Å². The number of carbonyl (C=O) groups is 1. The van der Waals surface area contributed by atoms with E-state index in [1.165, 1.54) is 13.2 Å². The molecule has 0 spiro atoms. The summed E-state index contributed by atoms with van der Waals surface area (Å²) >= 11 is 0. The maximum absolute atomic E-state index is 14.2. The minimum atomic E-state index is -0.476. The van der Waals surface area contributed by atoms with Gasteiger partial charge < -0.3 is 23.9 Å². The molecular weight excluding hydrogens is 541 g/mol. The summed E-state index contributed by atoms with van der Waals surface area (Å²) in [4.78, 5) is 24.1. The SMILES string of the molecule is COC(=O)c1cc(OCCO)c2nc(CN3CCC(c4cccc(OCc5ccc(C#N)cc5F)n4)CC3)n(C)c2c1. The van der Waals surface area contributed by atoms with Gasteiger partial charge in [0.2, 0.25) is 5.88 Å². The summed E-state index contributed by atoms with van der Waals surface area (Å²) in [7, 11) is 3.24. The number of benzene rings is 2. The third kappa shape index (κ3) is 6.35. The third-order valence-corrected chi connectivity index (χ3v) is 7.49. The monoisotopic (exact) mass is 573 g/mol. The number of aryl methyl sites for hydroxylation is 1. The number of nitrogens with zero attached hydrogens (tertiary/aromatic N) is 5. The minimum absolute atomic E-state index is 0.0261. The van der Waals surface area contributed by atoms with Gasteiger partial charge in [-0.1, -0.05) is 12.1 Å². The van der Waals surface area contributed by atoms with Crippen molar-refractivity contribution in [2.45, 2.75) is 31.9 Å². The van der Waals surface area contributed by atoms with E-state index in [4.69, 9.17) is 24.5 Å². The van der Waals surface area contributed by atoms with Crippen LogP contribution in [0.4, 0.5) is 4.39 Å². The maximum atomic E-state index is 14.2. The zero-order valence-corrected chi connectivity index (χ0v) is 23.5. The van der Waals surface area contributed by atoms with Gasteiger partial charge in [-0.2, -0.15) is 5.26 Å². The topological polar surface area (TPSA) is 123 Å². The first-order chi connectivity index (χ1) is 20.4. The smallest absolute Gasteiger partial charge is 0.338 e. The molecule has 0 atom stereocenters. The summed E-state index contributed by atoms with van der Waals surface area (Å²) in [6.07, 6.45) is 1.81. The number of fused-ring (bicyclic) bond motifs is 1. The van der Waals surface area contributed by atoms with Crippen molar-refractivity contribution in [2.75, 3.05) is 33.4 Å². The molecule has 0 saturated carbocycles. The molecule has 3 heterocycles. The van der Waals surface area contributed by atoms with Crippen molar-refractivity contribution >= 4 is 17.0 Å². The van der Waals surface area contributed by atoms with Crippen LogP contribution in [0, 0.1) is 17.1 Å². The van der Waals surface area contributed by atoms with Crippen LogP contribution < -0.4 is 9.47 Å². The normalized spacial score (nSPS) is 14.1. The first-order valence-electron chi connectivity index (χ1n) is 13.7. The van der Waals surface area contributed by atoms with Crippen molar-refractivity contribution in [2.24, 2.45) is 7.05 Å². The van der Waals surface area contributed by atoms with Crippen LogP contribution >= 0.6 is 0 Å². The molecule has 0 aliphatic carbocycles. The van der Waals surface area contributed by atoms with E-state index in [1.807, 2.05) is 29.8 Å². The zero-order valence-electron chi connectivity index (χ0n) is 23.5. The predicted octanol–water partition coefficient (Wildman–Crippen LogP) is 4.10. The Morgan fingerprint density at radius 3 is 2.67 bits per heavy atom. The first kappa shape index (κ1) is 29.0. The Morgan fingerprint density at radius 1 is 1.14 bits per heavy atom. The van der Waals surface area contributed by atoms with Gasteiger partial charge in [-0.05, 0) is 56.3 Å². The lowest BCUT2D eigenvalue weighted by Gasteiger charge is -2.31. The van der Waals surface area contributed by atoms with Gasteiger partial charge in [-0.15, -0.1) is 0 Å². The Bertz CT molecular complexity index is 1620. The summed E-state index contributed by atoms with van der Waals surface area (Å²) in [5.74, 6) is 1.01. The second-order valence-corrected chi connectivity index (χ2v) is 10.2. The average molecular weight is 574 g/mol. The molecule has 1 aliphatic rings. The lowest BCUT2D eigenvalue weighted by Crippen LogP contribution is -2.33. The highest BCUT2D eigenvalue weighted by Crippen LogP contribution is 2.31. The number of halogens is 1. The van der Waals surface area contributed by atoms with Crippen molar-refractivity contribution in [3.63, 3.8) is 0 Å². The van der Waals surface area contributed by atoms with Crippen LogP contribution in [0.3, 0.4) is 0 Å². The Hall–Kier alpha value is -4.53. The molecule has 4 aromatic rings. The van der Waals surface area contributed by atoms with Gasteiger partial charge in [0.1, 0.15) is 36.1 Å². The summed E-state index contributed by atoms with van der Waals surface area (Å²) < 4.78 is 32.6. The van der Waals surface area contributed by atoms with Crippen LogP contribution in [-0.2, 0) is 24.9 Å². The largest absolute Gasteiger partial charge is 0.489 e. The second kappa shape index (κ2) is 13.0. The van der Waals surface area contributed by atoms with E-state index >= 15 is 0 Å². The highest BCUT2D eigenvalue weighted by molar-refractivity contribution is 5.96. The molecule has 0 radical (unpaired) electrons. The number of aliphatic hydroxyl groups is 1. The number of aromatic nitrogens is 3. The van der Waals surface area contributed by atoms with E-state index in [1.54, 1.807) is 30.3 Å². The van der Waals surface area contributed by atoms with Crippen LogP contribution in [0.2, 0.25) is 0 Å². The number of pyridine rings is 1. The molecule has 5 rings (SSSR count). The first-order valence-corrected chi connectivity index (χ1v) is 13.7. The number of likely N-dealkylation sites (tertiary alicyclic amines) is 1. The van der Waals surface area contributed by atoms with E-state index in [0.717, 1.165) is 43.0 Å². The number of esters is 1. The van der Waals surface area contributed by atoms with Crippen LogP contribution in [0.1, 0.15) is 51.8 Å². The van der Waals surface area contributed by atoms with Crippen LogP contribution in [0.25, 0.3) is 11.0 Å². The van der Waals surface area contributed by atoms with E-state index in [-0.39, 0.29) is 31.3 Å². The van der Waals surface area contributed by atoms with Gasteiger partial charge in [0, 0.05) is 30.3 Å². The van der Waals surface area contributed by atoms with Gasteiger partial charge >= 0.3 is 5.97 Å². The van der Waals surface area contributed by atoms with E-state index in [2.05, 4.69) is 9.88 Å². The maximum Gasteiger partial charge on any atom is 0.338 e. The number of ether oxygens (including phenoxy) is 3. The van der Waals surface area contributed by atoms with Gasteiger partial charge in [0.05, 0.1) is 43.0 Å². The summed E-state index contributed by atoms with van der Waals surface area (Å²) in [5.41, 5.74) is 3.31. The Balaban J connectivity index is 1.23. The Kier molecular flexibility index (Phi) is 8.95. The van der Waals surface area contributed by atoms with E-state index in [9.17, 15) is 14.3 Å². The minimum Gasteiger partial charge on any atom is -0.489 e. The number of carbonyl (C=O) groups excluding carboxylic acids is 1. The molecule has 2 aromatic heterocycles. The van der Waals surface area contributed by atoms with E-state index in [0.29, 0.717) is 34.8 Å². The zero-order chi connectivity index (χ0) is 29.6. The Morgan fingerprint density at radius 2 is 1.95 bits per heavy atom. The lowest BCUT2D eigenvalue weighted by molar-refractivity contribution is 0.0600. The van der Waals surface area contributed by atoms with Crippen molar-refractivity contribution in [1.82, 2.24) is 19.4 Å². The molecule has 11 heteroatoms. The summed E-state index contributed by atoms with van der Waals surface area (Å²) in [6, 6.07) is 15.2. The average Bonchev–Trinajstić information content (AvgIpc) is 3.33. The Labute approximate surface area is 242 Å². The van der Waals surface area contributed by atoms with Gasteiger partial charge in [0.25, 0.3) is 0 Å². The van der Waals surface area contributed by atoms with Crippen LogP contribution in [0.5, 0.6) is 11.6 Å². The van der Waals surface area contributed by atoms with Gasteiger partial charge in [-0.25, -0.2) is 19.2 Å². The van der Waals surface area contributed by atoms with Crippen LogP contribution in [-0.4, -0.2) is 63.9 Å². The molecule has 1 aliphatic heterocycles. The molecule has 10 nitrogen and oxygen atoms in total. The molecule has 0 bridgehead atoms. The number of piperidine rings is 1. The standard InChI is InChI=1S/C31H32FN5O5/c1-36-26-15-23(31(39)40-2)16-27(41-13-12-38)30(26)35-28(36)18-37-10-8-21(9-11-37)25-4-3-5-29(34-25)42-19-22-7-6-20(17-33)14-24(22)32/h3-7,14-16,21,38H,8-13,18-19H2,1-2H3. The lowest BCUT2D eigenvalue weighted by atomic mass is 9.93. The molecule has 0 unspecified atom stereocenters. The van der Waals surface area contributed by atoms with Crippen molar-refractivity contribution < 1.29 is 28.5 Å². The summed E-state index contributed by atoms with van der Waals surface area (Å²) in [6.45, 7) is 2.27. The number of rotatable bonds is 10. The van der Waals surface area contributed by atoms with Crippen molar-refractivity contribution in [3.8, 4) is 17.7 Å². The fourth-order valence-electron chi connectivity index (χ4n) is 5.16. The number of hydrogen-bond donors (Lipinski definition) is 1. The second-order valence-electron chi connectivity index (χ2n) is 10.2. The van der Waals surface area contributed by atoms with Crippen LogP contribution in [0.15, 0.2) is 48.5 Å². The molecule has 1 saturated heterocycles.